The molecule has 0 aliphatic rings. The van der Waals surface area contributed by atoms with Crippen molar-refractivity contribution < 1.29 is 8.78 Å². The lowest BCUT2D eigenvalue weighted by Crippen LogP contribution is -2.14. The lowest BCUT2D eigenvalue weighted by atomic mass is 9.95. The molecule has 0 aliphatic heterocycles. The van der Waals surface area contributed by atoms with Crippen LogP contribution in [0.3, 0.4) is 0 Å². The Balaban J connectivity index is 0.990. The predicted molar refractivity (Wildman–Crippen MR) is 336 cm³/mol. The SMILES string of the molecule is Fc1ccc(N(c2cc(-c3ccc4c(c3)c3c5ccccc5c5ccccc5c3n4-c3ccccc3)cc(N(c3ccc(F)cc3)c3ccc4cc(-c5ccccc5)ccc4c3)c2)c2ccc3cc(-c4ccccc4)ccc3c2)cc1. The number of halogens is 2. The van der Waals surface area contributed by atoms with E-state index in [2.05, 4.69) is 251 Å². The van der Waals surface area contributed by atoms with Crippen LogP contribution in [0.4, 0.5) is 42.9 Å². The predicted octanol–water partition coefficient (Wildman–Crippen LogP) is 21.6. The first kappa shape index (κ1) is 47.6. The number of para-hydroxylation sites is 1. The van der Waals surface area contributed by atoms with Crippen molar-refractivity contribution in [2.45, 2.75) is 0 Å². The highest BCUT2D eigenvalue weighted by molar-refractivity contribution is 6.32. The molecule has 1 aromatic heterocycles. The normalized spacial score (nSPS) is 11.6. The summed E-state index contributed by atoms with van der Waals surface area (Å²) >= 11 is 0. The molecule has 0 bridgehead atoms. The number of benzene rings is 14. The summed E-state index contributed by atoms with van der Waals surface area (Å²) in [5, 5.41) is 11.4. The Hall–Kier alpha value is -10.6. The van der Waals surface area contributed by atoms with Gasteiger partial charge >= 0.3 is 0 Å². The Morgan fingerprint density at radius 2 is 0.654 bits per heavy atom. The molecule has 0 aliphatic carbocycles. The van der Waals surface area contributed by atoms with Gasteiger partial charge < -0.3 is 14.4 Å². The number of nitrogens with zero attached hydrogens (tertiary/aromatic N) is 3. The molecule has 15 aromatic rings. The van der Waals surface area contributed by atoms with E-state index in [0.29, 0.717) is 0 Å². The second-order valence-electron chi connectivity index (χ2n) is 20.8. The van der Waals surface area contributed by atoms with Gasteiger partial charge in [-0.05, 0) is 198 Å². The first-order valence-corrected chi connectivity index (χ1v) is 27.3. The average Bonchev–Trinajstić information content (AvgIpc) is 3.57. The van der Waals surface area contributed by atoms with Crippen LogP contribution < -0.4 is 9.80 Å². The maximum atomic E-state index is 15.1. The van der Waals surface area contributed by atoms with Crippen molar-refractivity contribution in [1.82, 2.24) is 4.57 Å². The zero-order valence-corrected chi connectivity index (χ0v) is 43.9. The fraction of sp³-hybridized carbons (Fsp3) is 0. The van der Waals surface area contributed by atoms with Crippen molar-refractivity contribution in [2.75, 3.05) is 9.80 Å². The lowest BCUT2D eigenvalue weighted by molar-refractivity contribution is 0.627. The number of aromatic nitrogens is 1. The summed E-state index contributed by atoms with van der Waals surface area (Å²) < 4.78 is 32.6. The summed E-state index contributed by atoms with van der Waals surface area (Å²) in [4.78, 5) is 4.43. The van der Waals surface area contributed by atoms with E-state index in [-0.39, 0.29) is 11.6 Å². The minimum atomic E-state index is -0.321. The highest BCUT2D eigenvalue weighted by Crippen LogP contribution is 2.47. The largest absolute Gasteiger partial charge is 0.310 e. The smallest absolute Gasteiger partial charge is 0.123 e. The molecule has 0 spiro atoms. The Morgan fingerprint density at radius 1 is 0.247 bits per heavy atom. The maximum absolute atomic E-state index is 15.1. The number of anilines is 6. The van der Waals surface area contributed by atoms with Gasteiger partial charge in [-0.3, -0.25) is 0 Å². The first-order chi connectivity index (χ1) is 40.0. The first-order valence-electron chi connectivity index (χ1n) is 27.3. The highest BCUT2D eigenvalue weighted by Gasteiger charge is 2.23. The van der Waals surface area contributed by atoms with Gasteiger partial charge in [0.05, 0.1) is 11.0 Å². The van der Waals surface area contributed by atoms with Crippen molar-refractivity contribution in [1.29, 1.82) is 0 Å². The highest BCUT2D eigenvalue weighted by atomic mass is 19.1. The maximum Gasteiger partial charge on any atom is 0.123 e. The van der Waals surface area contributed by atoms with Crippen molar-refractivity contribution in [2.24, 2.45) is 0 Å². The van der Waals surface area contributed by atoms with E-state index in [1.165, 1.54) is 51.2 Å². The van der Waals surface area contributed by atoms with Gasteiger partial charge in [-0.25, -0.2) is 8.78 Å². The van der Waals surface area contributed by atoms with Crippen molar-refractivity contribution in [3.63, 3.8) is 0 Å². The van der Waals surface area contributed by atoms with Crippen LogP contribution in [0.1, 0.15) is 0 Å². The van der Waals surface area contributed by atoms with Gasteiger partial charge in [-0.2, -0.15) is 0 Å². The van der Waals surface area contributed by atoms with Crippen LogP contribution in [0.5, 0.6) is 0 Å². The summed E-state index contributed by atoms with van der Waals surface area (Å²) in [6.45, 7) is 0. The van der Waals surface area contributed by atoms with Gasteiger partial charge in [-0.15, -0.1) is 0 Å². The third-order valence-electron chi connectivity index (χ3n) is 16.0. The summed E-state index contributed by atoms with van der Waals surface area (Å²) in [6, 6.07) is 102. The molecule has 0 unspecified atom stereocenters. The Labute approximate surface area is 467 Å². The van der Waals surface area contributed by atoms with Crippen LogP contribution in [-0.2, 0) is 0 Å². The lowest BCUT2D eigenvalue weighted by Gasteiger charge is -2.30. The van der Waals surface area contributed by atoms with Gasteiger partial charge in [-0.1, -0.05) is 170 Å². The van der Waals surface area contributed by atoms with E-state index >= 15 is 8.78 Å². The summed E-state index contributed by atoms with van der Waals surface area (Å²) in [5.74, 6) is -0.643. The zero-order valence-electron chi connectivity index (χ0n) is 43.9. The minimum Gasteiger partial charge on any atom is -0.310 e. The monoisotopic (exact) mass is 1040 g/mol. The third-order valence-corrected chi connectivity index (χ3v) is 16.0. The van der Waals surface area contributed by atoms with E-state index in [4.69, 9.17) is 0 Å². The van der Waals surface area contributed by atoms with E-state index in [0.717, 1.165) is 111 Å². The second kappa shape index (κ2) is 19.7. The Morgan fingerprint density at radius 3 is 1.19 bits per heavy atom. The number of fused-ring (bicyclic) bond motifs is 10. The van der Waals surface area contributed by atoms with Crippen molar-refractivity contribution >= 4 is 99.0 Å². The molecular formula is C76H49F2N3. The Kier molecular flexibility index (Phi) is 11.6. The van der Waals surface area contributed by atoms with Crippen LogP contribution in [0.25, 0.3) is 104 Å². The van der Waals surface area contributed by atoms with E-state index < -0.39 is 0 Å². The van der Waals surface area contributed by atoms with Gasteiger partial charge in [0.1, 0.15) is 11.6 Å². The summed E-state index contributed by atoms with van der Waals surface area (Å²) in [5.41, 5.74) is 14.9. The van der Waals surface area contributed by atoms with Gasteiger partial charge in [0, 0.05) is 56.0 Å². The molecule has 0 N–H and O–H groups in total. The zero-order chi connectivity index (χ0) is 54.0. The molecule has 14 aromatic carbocycles. The molecule has 0 fully saturated rings. The van der Waals surface area contributed by atoms with E-state index in [9.17, 15) is 0 Å². The van der Waals surface area contributed by atoms with Gasteiger partial charge in [0.15, 0.2) is 0 Å². The van der Waals surface area contributed by atoms with Crippen LogP contribution in [0.15, 0.2) is 297 Å². The van der Waals surface area contributed by atoms with Crippen LogP contribution in [0, 0.1) is 11.6 Å². The van der Waals surface area contributed by atoms with Crippen LogP contribution in [-0.4, -0.2) is 4.57 Å². The third kappa shape index (κ3) is 8.51. The fourth-order valence-corrected chi connectivity index (χ4v) is 12.2. The van der Waals surface area contributed by atoms with Crippen LogP contribution >= 0.6 is 0 Å². The number of hydrogen-bond acceptors (Lipinski definition) is 2. The summed E-state index contributed by atoms with van der Waals surface area (Å²) in [6.07, 6.45) is 0. The number of rotatable bonds is 10. The molecule has 1 heterocycles. The van der Waals surface area contributed by atoms with Gasteiger partial charge in [0.25, 0.3) is 0 Å². The minimum absolute atomic E-state index is 0.321. The quantitative estimate of drug-likeness (QED) is 0.127. The van der Waals surface area contributed by atoms with E-state index in [1.54, 1.807) is 0 Å². The fourth-order valence-electron chi connectivity index (χ4n) is 12.2. The molecule has 81 heavy (non-hydrogen) atoms. The standard InChI is InChI=1S/C76H49F2N3/c77-60-31-37-63(38-32-60)79(65-35-28-54-42-52(24-26-56(54)44-65)50-14-4-1-5-15-50)67-46-59(47-68(49-67)80(64-39-33-61(78)34-40-64)66-36-29-55-43-53(25-27-57(55)45-66)51-16-6-2-7-17-51)58-30-41-74-73(48-58)75-71-22-12-10-20-69(71)70-21-11-13-23-72(70)76(75)81(74)62-18-8-3-9-19-62/h1-49H. The van der Waals surface area contributed by atoms with Gasteiger partial charge in [0.2, 0.25) is 0 Å². The second-order valence-corrected chi connectivity index (χ2v) is 20.8. The molecule has 0 atom stereocenters. The molecule has 3 nitrogen and oxygen atoms in total. The molecule has 0 saturated carbocycles. The molecule has 0 amide bonds. The topological polar surface area (TPSA) is 11.4 Å². The molecule has 382 valence electrons. The Bertz CT molecular complexity index is 4690. The average molecular weight is 1040 g/mol. The van der Waals surface area contributed by atoms with Crippen molar-refractivity contribution in [3.8, 4) is 39.1 Å². The van der Waals surface area contributed by atoms with E-state index in [1.807, 2.05) is 36.4 Å². The molecular weight excluding hydrogens is 993 g/mol. The molecule has 15 rings (SSSR count). The summed E-state index contributed by atoms with van der Waals surface area (Å²) in [7, 11) is 0. The van der Waals surface area contributed by atoms with Crippen molar-refractivity contribution in [3.05, 3.63) is 309 Å². The molecule has 5 heteroatoms. The van der Waals surface area contributed by atoms with Crippen LogP contribution in [0.2, 0.25) is 0 Å². The number of hydrogen-bond donors (Lipinski definition) is 0. The molecule has 0 saturated heterocycles. The molecule has 0 radical (unpaired) electrons.